The third-order valence-corrected chi connectivity index (χ3v) is 3.06. The fourth-order valence-electron chi connectivity index (χ4n) is 1.51. The molecule has 0 spiro atoms. The number of nitrogens with one attached hydrogen (secondary N) is 1. The van der Waals surface area contributed by atoms with Gasteiger partial charge in [-0.05, 0) is 36.8 Å². The second-order valence-corrected chi connectivity index (χ2v) is 6.45. The van der Waals surface area contributed by atoms with Gasteiger partial charge in [0.25, 0.3) is 0 Å². The lowest BCUT2D eigenvalue weighted by atomic mass is 9.92. The molecular weight excluding hydrogens is 182 g/mol. The number of hydrogen-bond acceptors (Lipinski definition) is 1. The van der Waals surface area contributed by atoms with Crippen LogP contribution in [0.2, 0.25) is 0 Å². The van der Waals surface area contributed by atoms with E-state index < -0.39 is 0 Å². The molecule has 1 atom stereocenters. The normalized spacial score (nSPS) is 14.6. The average Bonchev–Trinajstić information content (AvgIpc) is 2.08. The molecule has 0 radical (unpaired) electrons. The summed E-state index contributed by atoms with van der Waals surface area (Å²) in [5, 5.41) is 3.53. The lowest BCUT2D eigenvalue weighted by molar-refractivity contribution is 0.359. The van der Waals surface area contributed by atoms with Crippen molar-refractivity contribution in [3.05, 3.63) is 0 Å². The molecule has 0 aromatic rings. The first-order valence-electron chi connectivity index (χ1n) is 6.53. The summed E-state index contributed by atoms with van der Waals surface area (Å²) in [7, 11) is 0. The van der Waals surface area contributed by atoms with Crippen LogP contribution >= 0.6 is 0 Å². The molecule has 92 valence electrons. The van der Waals surface area contributed by atoms with Crippen molar-refractivity contribution in [2.45, 2.75) is 60.8 Å². The highest BCUT2D eigenvalue weighted by atomic mass is 14.9. The summed E-state index contributed by atoms with van der Waals surface area (Å²) in [6, 6.07) is 0. The van der Waals surface area contributed by atoms with E-state index in [1.165, 1.54) is 25.8 Å². The van der Waals surface area contributed by atoms with E-state index in [0.717, 1.165) is 18.4 Å². The van der Waals surface area contributed by atoms with E-state index in [-0.39, 0.29) is 0 Å². The fraction of sp³-hybridized carbons (Fsp3) is 1.00. The van der Waals surface area contributed by atoms with Gasteiger partial charge in [-0.25, -0.2) is 0 Å². The van der Waals surface area contributed by atoms with Crippen molar-refractivity contribution in [1.82, 2.24) is 5.32 Å². The molecule has 0 saturated heterocycles. The minimum atomic E-state index is 0.422. The molecule has 0 aliphatic carbocycles. The molecule has 1 N–H and O–H groups in total. The lowest BCUT2D eigenvalue weighted by Gasteiger charge is -2.19. The van der Waals surface area contributed by atoms with Crippen LogP contribution in [-0.4, -0.2) is 13.1 Å². The van der Waals surface area contributed by atoms with Crippen LogP contribution in [-0.2, 0) is 0 Å². The zero-order valence-corrected chi connectivity index (χ0v) is 11.7. The SMILES string of the molecule is CC(C)[C@@H](C)CCCCNCC(C)(C)C. The first-order valence-corrected chi connectivity index (χ1v) is 6.53. The van der Waals surface area contributed by atoms with Gasteiger partial charge in [0, 0.05) is 0 Å². The molecule has 0 aromatic heterocycles. The summed E-state index contributed by atoms with van der Waals surface area (Å²) < 4.78 is 0. The number of hydrogen-bond donors (Lipinski definition) is 1. The zero-order valence-electron chi connectivity index (χ0n) is 11.7. The van der Waals surface area contributed by atoms with Crippen LogP contribution in [0.4, 0.5) is 0 Å². The summed E-state index contributed by atoms with van der Waals surface area (Å²) in [5.41, 5.74) is 0.422. The summed E-state index contributed by atoms with van der Waals surface area (Å²) in [5.74, 6) is 1.72. The lowest BCUT2D eigenvalue weighted by Crippen LogP contribution is -2.27. The summed E-state index contributed by atoms with van der Waals surface area (Å²) >= 11 is 0. The minimum Gasteiger partial charge on any atom is -0.316 e. The molecule has 0 amide bonds. The van der Waals surface area contributed by atoms with Gasteiger partial charge in [-0.1, -0.05) is 54.4 Å². The van der Waals surface area contributed by atoms with E-state index in [4.69, 9.17) is 0 Å². The standard InChI is InChI=1S/C14H31N/c1-12(2)13(3)9-7-8-10-15-11-14(4,5)6/h12-13,15H,7-11H2,1-6H3/t13-/m0/s1. The molecule has 1 nitrogen and oxygen atoms in total. The van der Waals surface area contributed by atoms with Crippen LogP contribution in [0.15, 0.2) is 0 Å². The molecule has 0 aromatic carbocycles. The van der Waals surface area contributed by atoms with Crippen LogP contribution in [0.5, 0.6) is 0 Å². The Morgan fingerprint density at radius 1 is 1.00 bits per heavy atom. The maximum atomic E-state index is 3.53. The van der Waals surface area contributed by atoms with Crippen molar-refractivity contribution < 1.29 is 0 Å². The first kappa shape index (κ1) is 15.0. The van der Waals surface area contributed by atoms with Gasteiger partial charge in [0.15, 0.2) is 0 Å². The quantitative estimate of drug-likeness (QED) is 0.628. The van der Waals surface area contributed by atoms with Crippen molar-refractivity contribution in [3.8, 4) is 0 Å². The summed E-state index contributed by atoms with van der Waals surface area (Å²) in [6.07, 6.45) is 4.08. The second kappa shape index (κ2) is 7.27. The molecule has 0 rings (SSSR count). The fourth-order valence-corrected chi connectivity index (χ4v) is 1.51. The number of unbranched alkanes of at least 4 members (excludes halogenated alkanes) is 1. The smallest absolute Gasteiger partial charge is 0.0000126 e. The average molecular weight is 213 g/mol. The van der Waals surface area contributed by atoms with Crippen molar-refractivity contribution in [2.24, 2.45) is 17.3 Å². The Hall–Kier alpha value is -0.0400. The van der Waals surface area contributed by atoms with E-state index in [9.17, 15) is 0 Å². The molecule has 0 aliphatic rings. The minimum absolute atomic E-state index is 0.422. The summed E-state index contributed by atoms with van der Waals surface area (Å²) in [4.78, 5) is 0. The van der Waals surface area contributed by atoms with Gasteiger partial charge < -0.3 is 5.32 Å². The predicted molar refractivity (Wildman–Crippen MR) is 70.2 cm³/mol. The monoisotopic (exact) mass is 213 g/mol. The molecular formula is C14H31N. The Labute approximate surface area is 97.0 Å². The Bertz CT molecular complexity index is 144. The molecule has 0 aliphatic heterocycles. The van der Waals surface area contributed by atoms with E-state index in [2.05, 4.69) is 46.9 Å². The molecule has 0 heterocycles. The van der Waals surface area contributed by atoms with Crippen molar-refractivity contribution in [2.75, 3.05) is 13.1 Å². The third-order valence-electron chi connectivity index (χ3n) is 3.06. The maximum Gasteiger partial charge on any atom is -0.0000126 e. The highest BCUT2D eigenvalue weighted by Gasteiger charge is 2.09. The van der Waals surface area contributed by atoms with Crippen LogP contribution in [0, 0.1) is 17.3 Å². The zero-order chi connectivity index (χ0) is 11.9. The molecule has 15 heavy (non-hydrogen) atoms. The topological polar surface area (TPSA) is 12.0 Å². The van der Waals surface area contributed by atoms with E-state index in [0.29, 0.717) is 5.41 Å². The first-order chi connectivity index (χ1) is 6.83. The van der Waals surface area contributed by atoms with Gasteiger partial charge in [-0.15, -0.1) is 0 Å². The highest BCUT2D eigenvalue weighted by molar-refractivity contribution is 4.65. The maximum absolute atomic E-state index is 3.53. The molecule has 1 heteroatoms. The van der Waals surface area contributed by atoms with Gasteiger partial charge in [0.2, 0.25) is 0 Å². The van der Waals surface area contributed by atoms with Crippen LogP contribution < -0.4 is 5.32 Å². The number of rotatable bonds is 7. The van der Waals surface area contributed by atoms with Crippen LogP contribution in [0.25, 0.3) is 0 Å². The van der Waals surface area contributed by atoms with Crippen LogP contribution in [0.3, 0.4) is 0 Å². The van der Waals surface area contributed by atoms with Gasteiger partial charge >= 0.3 is 0 Å². The van der Waals surface area contributed by atoms with E-state index >= 15 is 0 Å². The van der Waals surface area contributed by atoms with Gasteiger partial charge in [-0.3, -0.25) is 0 Å². The molecule has 0 fully saturated rings. The van der Waals surface area contributed by atoms with E-state index in [1.54, 1.807) is 0 Å². The van der Waals surface area contributed by atoms with Gasteiger partial charge in [0.05, 0.1) is 0 Å². The Morgan fingerprint density at radius 2 is 1.60 bits per heavy atom. The van der Waals surface area contributed by atoms with Crippen molar-refractivity contribution in [3.63, 3.8) is 0 Å². The Morgan fingerprint density at radius 3 is 2.07 bits per heavy atom. The molecule has 0 saturated carbocycles. The van der Waals surface area contributed by atoms with E-state index in [1.807, 2.05) is 0 Å². The third kappa shape index (κ3) is 10.2. The second-order valence-electron chi connectivity index (χ2n) is 6.45. The van der Waals surface area contributed by atoms with Gasteiger partial charge in [-0.2, -0.15) is 0 Å². The molecule has 0 unspecified atom stereocenters. The predicted octanol–water partition coefficient (Wildman–Crippen LogP) is 4.08. The largest absolute Gasteiger partial charge is 0.316 e. The van der Waals surface area contributed by atoms with Crippen molar-refractivity contribution in [1.29, 1.82) is 0 Å². The highest BCUT2D eigenvalue weighted by Crippen LogP contribution is 2.16. The molecule has 0 bridgehead atoms. The Balaban J connectivity index is 3.26. The van der Waals surface area contributed by atoms with Crippen LogP contribution in [0.1, 0.15) is 60.8 Å². The van der Waals surface area contributed by atoms with Gasteiger partial charge in [0.1, 0.15) is 0 Å². The van der Waals surface area contributed by atoms with Crippen molar-refractivity contribution >= 4 is 0 Å². The summed E-state index contributed by atoms with van der Waals surface area (Å²) in [6.45, 7) is 16.2. The Kier molecular flexibility index (Phi) is 7.25.